The van der Waals surface area contributed by atoms with Gasteiger partial charge in [-0.15, -0.1) is 0 Å². The van der Waals surface area contributed by atoms with Crippen molar-refractivity contribution in [1.82, 2.24) is 33.9 Å². The Labute approximate surface area is 203 Å². The van der Waals surface area contributed by atoms with Crippen molar-refractivity contribution >= 4 is 32.7 Å². The normalized spacial score (nSPS) is 16.8. The highest BCUT2D eigenvalue weighted by Crippen LogP contribution is 2.27. The number of sulfonamides is 1. The van der Waals surface area contributed by atoms with Crippen molar-refractivity contribution in [2.45, 2.75) is 24.3 Å². The first kappa shape index (κ1) is 23.0. The molecule has 1 aromatic carbocycles. The van der Waals surface area contributed by atoms with Gasteiger partial charge in [0.25, 0.3) is 0 Å². The Morgan fingerprint density at radius 2 is 1.91 bits per heavy atom. The number of fused-ring (bicyclic) bond motifs is 1. The van der Waals surface area contributed by atoms with Crippen LogP contribution >= 0.6 is 11.6 Å². The third-order valence-electron chi connectivity index (χ3n) is 6.33. The molecule has 1 saturated heterocycles. The van der Waals surface area contributed by atoms with Crippen LogP contribution in [-0.4, -0.2) is 75.1 Å². The van der Waals surface area contributed by atoms with Crippen molar-refractivity contribution < 1.29 is 8.42 Å². The molecule has 0 bridgehead atoms. The van der Waals surface area contributed by atoms with Crippen LogP contribution < -0.4 is 0 Å². The van der Waals surface area contributed by atoms with Gasteiger partial charge in [-0.3, -0.25) is 9.58 Å². The number of halogens is 1. The summed E-state index contributed by atoms with van der Waals surface area (Å²) < 4.78 is 29.6. The number of hydrogen-bond donors (Lipinski definition) is 1. The summed E-state index contributed by atoms with van der Waals surface area (Å²) in [5.74, 6) is 0. The second-order valence-corrected chi connectivity index (χ2v) is 10.7. The highest BCUT2D eigenvalue weighted by atomic mass is 35.5. The summed E-state index contributed by atoms with van der Waals surface area (Å²) in [5, 5.41) is 5.84. The van der Waals surface area contributed by atoms with Crippen molar-refractivity contribution in [3.63, 3.8) is 0 Å². The van der Waals surface area contributed by atoms with Gasteiger partial charge in [-0.25, -0.2) is 18.4 Å². The van der Waals surface area contributed by atoms with E-state index in [2.05, 4.69) is 31.9 Å². The van der Waals surface area contributed by atoms with Gasteiger partial charge in [-0.05, 0) is 24.6 Å². The molecule has 1 aliphatic heterocycles. The van der Waals surface area contributed by atoms with Gasteiger partial charge in [0.1, 0.15) is 16.9 Å². The van der Waals surface area contributed by atoms with Gasteiger partial charge in [-0.1, -0.05) is 30.7 Å². The molecule has 1 atom stereocenters. The number of H-pyrrole nitrogens is 1. The highest BCUT2D eigenvalue weighted by Gasteiger charge is 2.30. The van der Waals surface area contributed by atoms with Gasteiger partial charge >= 0.3 is 0 Å². The lowest BCUT2D eigenvalue weighted by Crippen LogP contribution is -2.49. The standard InChI is InChI=1S/C23H26ClN7O2S/c1-2-18(31-14-17(13-28-31)22-19-7-8-25-23(19)27-16-26-22)15-29-9-11-30(12-10-29)34(32,33)21-6-4-3-5-20(21)24/h3-8,13-14,16,18H,2,9-12,15H2,1H3,(H,25,26,27). The van der Waals surface area contributed by atoms with Crippen LogP contribution in [0.25, 0.3) is 22.3 Å². The maximum Gasteiger partial charge on any atom is 0.244 e. The van der Waals surface area contributed by atoms with Crippen LogP contribution in [0.4, 0.5) is 0 Å². The van der Waals surface area contributed by atoms with Crippen LogP contribution in [0.3, 0.4) is 0 Å². The van der Waals surface area contributed by atoms with Crippen molar-refractivity contribution in [3.8, 4) is 11.3 Å². The van der Waals surface area contributed by atoms with E-state index >= 15 is 0 Å². The monoisotopic (exact) mass is 499 g/mol. The minimum atomic E-state index is -3.60. The van der Waals surface area contributed by atoms with E-state index in [1.165, 1.54) is 4.31 Å². The molecule has 1 unspecified atom stereocenters. The fourth-order valence-corrected chi connectivity index (χ4v) is 6.32. The van der Waals surface area contributed by atoms with Crippen LogP contribution in [0.15, 0.2) is 60.1 Å². The minimum absolute atomic E-state index is 0.168. The Balaban J connectivity index is 1.26. The zero-order valence-corrected chi connectivity index (χ0v) is 20.4. The van der Waals surface area contributed by atoms with E-state index in [1.54, 1.807) is 30.6 Å². The quantitative estimate of drug-likeness (QED) is 0.418. The van der Waals surface area contributed by atoms with E-state index < -0.39 is 10.0 Å². The maximum absolute atomic E-state index is 13.0. The fourth-order valence-electron chi connectivity index (χ4n) is 4.41. The molecule has 4 heterocycles. The fraction of sp³-hybridized carbons (Fsp3) is 0.348. The predicted octanol–water partition coefficient (Wildman–Crippen LogP) is 3.43. The molecule has 11 heteroatoms. The zero-order chi connectivity index (χ0) is 23.7. The number of aromatic amines is 1. The molecular weight excluding hydrogens is 474 g/mol. The van der Waals surface area contributed by atoms with E-state index in [0.29, 0.717) is 26.2 Å². The van der Waals surface area contributed by atoms with Gasteiger partial charge in [0.15, 0.2) is 0 Å². The summed E-state index contributed by atoms with van der Waals surface area (Å²) in [5.41, 5.74) is 2.60. The van der Waals surface area contributed by atoms with Crippen LogP contribution in [0.2, 0.25) is 5.02 Å². The molecule has 9 nitrogen and oxygen atoms in total. The zero-order valence-electron chi connectivity index (χ0n) is 18.8. The van der Waals surface area contributed by atoms with Crippen LogP contribution in [0, 0.1) is 0 Å². The second kappa shape index (κ2) is 9.46. The molecule has 0 radical (unpaired) electrons. The summed E-state index contributed by atoms with van der Waals surface area (Å²) >= 11 is 6.15. The van der Waals surface area contributed by atoms with E-state index in [1.807, 2.05) is 29.3 Å². The lowest BCUT2D eigenvalue weighted by molar-refractivity contribution is 0.160. The van der Waals surface area contributed by atoms with E-state index in [0.717, 1.165) is 35.3 Å². The van der Waals surface area contributed by atoms with Gasteiger partial charge in [-0.2, -0.15) is 9.40 Å². The Kier molecular flexibility index (Phi) is 6.39. The second-order valence-electron chi connectivity index (χ2n) is 8.37. The van der Waals surface area contributed by atoms with Crippen molar-refractivity contribution in [2.75, 3.05) is 32.7 Å². The molecule has 5 rings (SSSR count). The first-order valence-electron chi connectivity index (χ1n) is 11.3. The lowest BCUT2D eigenvalue weighted by atomic mass is 10.1. The number of nitrogens with zero attached hydrogens (tertiary/aromatic N) is 6. The first-order valence-corrected chi connectivity index (χ1v) is 13.1. The molecule has 0 aliphatic carbocycles. The number of piperazine rings is 1. The SMILES string of the molecule is CCC(CN1CCN(S(=O)(=O)c2ccccc2Cl)CC1)n1cc(-c2ncnc3[nH]ccc23)cn1. The Morgan fingerprint density at radius 3 is 2.68 bits per heavy atom. The van der Waals surface area contributed by atoms with E-state index in [4.69, 9.17) is 11.6 Å². The minimum Gasteiger partial charge on any atom is -0.346 e. The average Bonchev–Trinajstić information content (AvgIpc) is 3.53. The Morgan fingerprint density at radius 1 is 1.12 bits per heavy atom. The van der Waals surface area contributed by atoms with Crippen molar-refractivity contribution in [1.29, 1.82) is 0 Å². The number of hydrogen-bond acceptors (Lipinski definition) is 6. The number of rotatable bonds is 7. The average molecular weight is 500 g/mol. The predicted molar refractivity (Wildman–Crippen MR) is 131 cm³/mol. The van der Waals surface area contributed by atoms with Gasteiger partial charge < -0.3 is 4.98 Å². The van der Waals surface area contributed by atoms with Crippen LogP contribution in [-0.2, 0) is 10.0 Å². The molecule has 0 saturated carbocycles. The summed E-state index contributed by atoms with van der Waals surface area (Å²) in [6.45, 7) is 5.11. The topological polar surface area (TPSA) is 100 Å². The first-order chi connectivity index (χ1) is 16.5. The third kappa shape index (κ3) is 4.34. The summed E-state index contributed by atoms with van der Waals surface area (Å²) in [6.07, 6.45) is 8.18. The highest BCUT2D eigenvalue weighted by molar-refractivity contribution is 7.89. The smallest absolute Gasteiger partial charge is 0.244 e. The van der Waals surface area contributed by atoms with Crippen LogP contribution in [0.5, 0.6) is 0 Å². The lowest BCUT2D eigenvalue weighted by Gasteiger charge is -2.35. The molecular formula is C23H26ClN7O2S. The summed E-state index contributed by atoms with van der Waals surface area (Å²) in [4.78, 5) is 14.3. The largest absolute Gasteiger partial charge is 0.346 e. The van der Waals surface area contributed by atoms with Gasteiger partial charge in [0.2, 0.25) is 10.0 Å². The molecule has 0 spiro atoms. The molecule has 178 valence electrons. The van der Waals surface area contributed by atoms with Crippen molar-refractivity contribution in [2.24, 2.45) is 0 Å². The van der Waals surface area contributed by atoms with E-state index in [9.17, 15) is 8.42 Å². The molecule has 4 aromatic rings. The Bertz CT molecular complexity index is 1390. The number of nitrogens with one attached hydrogen (secondary N) is 1. The van der Waals surface area contributed by atoms with E-state index in [-0.39, 0.29) is 16.0 Å². The molecule has 34 heavy (non-hydrogen) atoms. The molecule has 1 aliphatic rings. The Hall–Kier alpha value is -2.79. The summed E-state index contributed by atoms with van der Waals surface area (Å²) in [6, 6.07) is 8.74. The summed E-state index contributed by atoms with van der Waals surface area (Å²) in [7, 11) is -3.60. The van der Waals surface area contributed by atoms with Gasteiger partial charge in [0.05, 0.1) is 23.0 Å². The molecule has 0 amide bonds. The maximum atomic E-state index is 13.0. The molecule has 1 fully saturated rings. The third-order valence-corrected chi connectivity index (χ3v) is 8.73. The number of aromatic nitrogens is 5. The van der Waals surface area contributed by atoms with Gasteiger partial charge in [0, 0.05) is 56.1 Å². The number of benzene rings is 1. The van der Waals surface area contributed by atoms with Crippen LogP contribution in [0.1, 0.15) is 19.4 Å². The molecule has 3 aromatic heterocycles. The van der Waals surface area contributed by atoms with Crippen molar-refractivity contribution in [3.05, 3.63) is 60.3 Å². The molecule has 1 N–H and O–H groups in total.